The second-order valence-corrected chi connectivity index (χ2v) is 3.44. The van der Waals surface area contributed by atoms with E-state index in [4.69, 9.17) is 0 Å². The molecule has 0 aromatic heterocycles. The van der Waals surface area contributed by atoms with E-state index >= 15 is 0 Å². The van der Waals surface area contributed by atoms with Crippen LogP contribution in [0.2, 0.25) is 0 Å². The summed E-state index contributed by atoms with van der Waals surface area (Å²) in [6.07, 6.45) is -5.95. The molecular formula is C7H7F3N2O3. The van der Waals surface area contributed by atoms with Crippen molar-refractivity contribution in [1.29, 1.82) is 0 Å². The Balaban J connectivity index is 2.34. The van der Waals surface area contributed by atoms with Gasteiger partial charge in [-0.15, -0.1) is 0 Å². The SMILES string of the molecule is CN1O[C@@H]2C(=O)NC(=O)[C@H]2[C@H]1C(F)(F)F. The van der Waals surface area contributed by atoms with Crippen molar-refractivity contribution in [2.24, 2.45) is 5.92 Å². The summed E-state index contributed by atoms with van der Waals surface area (Å²) in [5, 5.41) is 2.33. The Morgan fingerprint density at radius 3 is 2.47 bits per heavy atom. The van der Waals surface area contributed by atoms with E-state index in [9.17, 15) is 22.8 Å². The number of carbonyl (C=O) groups is 2. The Bertz CT molecular complexity index is 330. The number of hydrogen-bond donors (Lipinski definition) is 1. The monoisotopic (exact) mass is 224 g/mol. The predicted molar refractivity (Wildman–Crippen MR) is 39.1 cm³/mol. The Labute approximate surface area is 82.1 Å². The molecule has 0 saturated carbocycles. The lowest BCUT2D eigenvalue weighted by Gasteiger charge is -2.22. The Hall–Kier alpha value is -1.15. The molecule has 3 atom stereocenters. The average Bonchev–Trinajstić information content (AvgIpc) is 2.51. The van der Waals surface area contributed by atoms with Gasteiger partial charge in [-0.1, -0.05) is 0 Å². The molecule has 0 unspecified atom stereocenters. The molecule has 84 valence electrons. The molecule has 5 nitrogen and oxygen atoms in total. The molecule has 0 bridgehead atoms. The molecule has 15 heavy (non-hydrogen) atoms. The van der Waals surface area contributed by atoms with Gasteiger partial charge in [-0.2, -0.15) is 18.2 Å². The zero-order chi connectivity index (χ0) is 11.4. The topological polar surface area (TPSA) is 58.6 Å². The summed E-state index contributed by atoms with van der Waals surface area (Å²) in [4.78, 5) is 26.9. The fourth-order valence-electron chi connectivity index (χ4n) is 1.88. The third-order valence-corrected chi connectivity index (χ3v) is 2.48. The Morgan fingerprint density at radius 2 is 1.93 bits per heavy atom. The van der Waals surface area contributed by atoms with Crippen molar-refractivity contribution in [3.8, 4) is 0 Å². The van der Waals surface area contributed by atoms with Crippen LogP contribution >= 0.6 is 0 Å². The zero-order valence-electron chi connectivity index (χ0n) is 7.54. The molecule has 1 N–H and O–H groups in total. The largest absolute Gasteiger partial charge is 0.407 e. The van der Waals surface area contributed by atoms with E-state index in [1.165, 1.54) is 0 Å². The molecule has 2 aliphatic rings. The highest BCUT2D eigenvalue weighted by Crippen LogP contribution is 2.39. The first-order valence-electron chi connectivity index (χ1n) is 4.13. The summed E-state index contributed by atoms with van der Waals surface area (Å²) < 4.78 is 37.6. The predicted octanol–water partition coefficient (Wildman–Crippen LogP) is -0.565. The summed E-state index contributed by atoms with van der Waals surface area (Å²) in [5.41, 5.74) is 0. The van der Waals surface area contributed by atoms with Crippen molar-refractivity contribution in [3.05, 3.63) is 0 Å². The van der Waals surface area contributed by atoms with Gasteiger partial charge in [-0.25, -0.2) is 0 Å². The van der Waals surface area contributed by atoms with E-state index in [0.29, 0.717) is 5.06 Å². The van der Waals surface area contributed by atoms with E-state index in [0.717, 1.165) is 7.05 Å². The normalized spacial score (nSPS) is 36.9. The van der Waals surface area contributed by atoms with Gasteiger partial charge in [0, 0.05) is 7.05 Å². The quantitative estimate of drug-likeness (QED) is 0.560. The molecule has 2 heterocycles. The molecule has 0 radical (unpaired) electrons. The molecular weight excluding hydrogens is 217 g/mol. The van der Waals surface area contributed by atoms with Crippen LogP contribution in [0.1, 0.15) is 0 Å². The van der Waals surface area contributed by atoms with Gasteiger partial charge in [0.25, 0.3) is 5.91 Å². The van der Waals surface area contributed by atoms with Crippen LogP contribution in [0.25, 0.3) is 0 Å². The van der Waals surface area contributed by atoms with Gasteiger partial charge in [0.15, 0.2) is 6.10 Å². The van der Waals surface area contributed by atoms with Gasteiger partial charge in [-0.3, -0.25) is 19.7 Å². The van der Waals surface area contributed by atoms with Crippen LogP contribution in [-0.4, -0.2) is 42.2 Å². The van der Waals surface area contributed by atoms with Crippen LogP contribution in [-0.2, 0) is 14.4 Å². The zero-order valence-corrected chi connectivity index (χ0v) is 7.54. The molecule has 8 heteroatoms. The fraction of sp³-hybridized carbons (Fsp3) is 0.714. The van der Waals surface area contributed by atoms with Gasteiger partial charge < -0.3 is 0 Å². The van der Waals surface area contributed by atoms with Crippen molar-refractivity contribution < 1.29 is 27.6 Å². The maximum absolute atomic E-state index is 12.5. The van der Waals surface area contributed by atoms with Crippen LogP contribution in [0.3, 0.4) is 0 Å². The smallest absolute Gasteiger partial charge is 0.294 e. The van der Waals surface area contributed by atoms with Crippen LogP contribution in [0.4, 0.5) is 13.2 Å². The summed E-state index contributed by atoms with van der Waals surface area (Å²) >= 11 is 0. The number of rotatable bonds is 0. The summed E-state index contributed by atoms with van der Waals surface area (Å²) in [5.74, 6) is -3.25. The first-order chi connectivity index (χ1) is 6.82. The average molecular weight is 224 g/mol. The number of alkyl halides is 3. The number of amides is 2. The molecule has 0 aromatic rings. The lowest BCUT2D eigenvalue weighted by molar-refractivity contribution is -0.234. The third-order valence-electron chi connectivity index (χ3n) is 2.48. The maximum Gasteiger partial charge on any atom is 0.407 e. The summed E-state index contributed by atoms with van der Waals surface area (Å²) in [6, 6.07) is -2.06. The van der Waals surface area contributed by atoms with Crippen LogP contribution < -0.4 is 5.32 Å². The number of nitrogens with zero attached hydrogens (tertiary/aromatic N) is 1. The summed E-state index contributed by atoms with van der Waals surface area (Å²) in [7, 11) is 1.05. The first kappa shape index (κ1) is 10.4. The third kappa shape index (κ3) is 1.40. The van der Waals surface area contributed by atoms with Crippen molar-refractivity contribution in [1.82, 2.24) is 10.4 Å². The number of nitrogens with one attached hydrogen (secondary N) is 1. The van der Waals surface area contributed by atoms with Crippen molar-refractivity contribution >= 4 is 11.8 Å². The first-order valence-corrected chi connectivity index (χ1v) is 4.13. The number of fused-ring (bicyclic) bond motifs is 1. The van der Waals surface area contributed by atoms with E-state index < -0.39 is 36.1 Å². The molecule has 2 fully saturated rings. The van der Waals surface area contributed by atoms with Crippen molar-refractivity contribution in [2.75, 3.05) is 7.05 Å². The minimum atomic E-state index is -4.60. The molecule has 0 aromatic carbocycles. The van der Waals surface area contributed by atoms with Crippen LogP contribution in [0.5, 0.6) is 0 Å². The van der Waals surface area contributed by atoms with Crippen LogP contribution in [0.15, 0.2) is 0 Å². The van der Waals surface area contributed by atoms with Crippen molar-refractivity contribution in [2.45, 2.75) is 18.3 Å². The highest BCUT2D eigenvalue weighted by atomic mass is 19.4. The molecule has 0 spiro atoms. The molecule has 2 saturated heterocycles. The van der Waals surface area contributed by atoms with Crippen molar-refractivity contribution in [3.63, 3.8) is 0 Å². The lowest BCUT2D eigenvalue weighted by Crippen LogP contribution is -2.46. The number of hydrogen-bond acceptors (Lipinski definition) is 4. The van der Waals surface area contributed by atoms with Gasteiger partial charge in [0.2, 0.25) is 5.91 Å². The second kappa shape index (κ2) is 2.92. The number of hydroxylamine groups is 2. The minimum Gasteiger partial charge on any atom is -0.294 e. The second-order valence-electron chi connectivity index (χ2n) is 3.44. The number of halogens is 3. The fourth-order valence-corrected chi connectivity index (χ4v) is 1.88. The van der Waals surface area contributed by atoms with E-state index in [1.54, 1.807) is 0 Å². The Kier molecular flexibility index (Phi) is 2.02. The highest BCUT2D eigenvalue weighted by Gasteiger charge is 2.63. The Morgan fingerprint density at radius 1 is 1.33 bits per heavy atom. The standard InChI is InChI=1S/C7H7F3N2O3/c1-12-4(7(8,9)10)2-3(15-12)6(14)11-5(2)13/h2-4H,1H3,(H,11,13,14)/t2-,3+,4+/m1/s1. The minimum absolute atomic E-state index is 0.520. The van der Waals surface area contributed by atoms with E-state index in [-0.39, 0.29) is 0 Å². The van der Waals surface area contributed by atoms with Gasteiger partial charge in [0.1, 0.15) is 12.0 Å². The number of imide groups is 1. The summed E-state index contributed by atoms with van der Waals surface area (Å²) in [6.45, 7) is 0. The highest BCUT2D eigenvalue weighted by molar-refractivity contribution is 6.07. The lowest BCUT2D eigenvalue weighted by atomic mass is 9.97. The van der Waals surface area contributed by atoms with Gasteiger partial charge in [0.05, 0.1) is 0 Å². The molecule has 2 rings (SSSR count). The van der Waals surface area contributed by atoms with Gasteiger partial charge >= 0.3 is 6.18 Å². The van der Waals surface area contributed by atoms with E-state index in [1.807, 2.05) is 5.32 Å². The van der Waals surface area contributed by atoms with E-state index in [2.05, 4.69) is 4.84 Å². The molecule has 0 aliphatic carbocycles. The maximum atomic E-state index is 12.5. The van der Waals surface area contributed by atoms with Crippen LogP contribution in [0, 0.1) is 5.92 Å². The van der Waals surface area contributed by atoms with Gasteiger partial charge in [-0.05, 0) is 0 Å². The molecule has 2 aliphatic heterocycles. The molecule has 2 amide bonds. The number of carbonyl (C=O) groups excluding carboxylic acids is 2.